The molecule has 0 amide bonds. The van der Waals surface area contributed by atoms with Crippen molar-refractivity contribution >= 4 is 23.1 Å². The summed E-state index contributed by atoms with van der Waals surface area (Å²) in [6, 6.07) is 4.27. The summed E-state index contributed by atoms with van der Waals surface area (Å²) in [6.07, 6.45) is 5.63. The van der Waals surface area contributed by atoms with E-state index in [2.05, 4.69) is 32.3 Å². The fourth-order valence-corrected chi connectivity index (χ4v) is 3.84. The predicted octanol–water partition coefficient (Wildman–Crippen LogP) is 2.85. The number of nitrogens with zero attached hydrogens (tertiary/aromatic N) is 3. The third-order valence-electron chi connectivity index (χ3n) is 3.18. The van der Waals surface area contributed by atoms with Crippen molar-refractivity contribution < 1.29 is 4.74 Å². The van der Waals surface area contributed by atoms with Gasteiger partial charge in [0.05, 0.1) is 6.10 Å². The van der Waals surface area contributed by atoms with Crippen LogP contribution in [-0.2, 0) is 17.7 Å². The minimum absolute atomic E-state index is 0.396. The number of hydrogen-bond donors (Lipinski definition) is 0. The van der Waals surface area contributed by atoms with E-state index in [1.165, 1.54) is 17.7 Å². The third kappa shape index (κ3) is 3.58. The van der Waals surface area contributed by atoms with Gasteiger partial charge < -0.3 is 9.30 Å². The fraction of sp³-hybridized carbons (Fsp3) is 0.538. The maximum atomic E-state index is 5.63. The lowest BCUT2D eigenvalue weighted by Crippen LogP contribution is -2.09. The zero-order valence-electron chi connectivity index (χ0n) is 10.7. The largest absolute Gasteiger partial charge is 0.377 e. The van der Waals surface area contributed by atoms with Gasteiger partial charge in [0.2, 0.25) is 0 Å². The first-order chi connectivity index (χ1) is 9.42. The predicted molar refractivity (Wildman–Crippen MR) is 77.7 cm³/mol. The average Bonchev–Trinajstić information content (AvgIpc) is 3.16. The Bertz CT molecular complexity index is 492. The lowest BCUT2D eigenvalue weighted by atomic mass is 10.3. The van der Waals surface area contributed by atoms with E-state index >= 15 is 0 Å². The molecule has 102 valence electrons. The Morgan fingerprint density at radius 1 is 1.53 bits per heavy atom. The first-order valence-corrected chi connectivity index (χ1v) is 8.43. The quantitative estimate of drug-likeness (QED) is 0.768. The maximum Gasteiger partial charge on any atom is 0.191 e. The zero-order valence-corrected chi connectivity index (χ0v) is 12.3. The molecule has 1 aliphatic rings. The van der Waals surface area contributed by atoms with Crippen molar-refractivity contribution in [1.29, 1.82) is 0 Å². The molecule has 1 fully saturated rings. The van der Waals surface area contributed by atoms with Crippen molar-refractivity contribution in [3.05, 3.63) is 28.7 Å². The Labute approximate surface area is 121 Å². The summed E-state index contributed by atoms with van der Waals surface area (Å²) in [5.41, 5.74) is 0. The molecule has 1 atom stereocenters. The number of ether oxygens (including phenoxy) is 1. The van der Waals surface area contributed by atoms with E-state index in [1.54, 1.807) is 23.1 Å². The highest BCUT2D eigenvalue weighted by molar-refractivity contribution is 7.99. The second-order valence-corrected chi connectivity index (χ2v) is 6.60. The van der Waals surface area contributed by atoms with Gasteiger partial charge in [0.25, 0.3) is 0 Å². The molecule has 0 unspecified atom stereocenters. The maximum absolute atomic E-state index is 5.63. The van der Waals surface area contributed by atoms with Gasteiger partial charge in [-0.2, -0.15) is 0 Å². The van der Waals surface area contributed by atoms with E-state index in [1.807, 2.05) is 6.33 Å². The second kappa shape index (κ2) is 6.54. The highest BCUT2D eigenvalue weighted by Crippen LogP contribution is 2.22. The van der Waals surface area contributed by atoms with E-state index in [0.717, 1.165) is 30.5 Å². The highest BCUT2D eigenvalue weighted by atomic mass is 32.2. The van der Waals surface area contributed by atoms with Crippen LogP contribution in [0.15, 0.2) is 29.0 Å². The highest BCUT2D eigenvalue weighted by Gasteiger charge is 2.17. The molecule has 0 aromatic carbocycles. The zero-order chi connectivity index (χ0) is 12.9. The monoisotopic (exact) mass is 295 g/mol. The van der Waals surface area contributed by atoms with Gasteiger partial charge in [0, 0.05) is 23.8 Å². The van der Waals surface area contributed by atoms with Crippen LogP contribution in [0, 0.1) is 0 Å². The summed E-state index contributed by atoms with van der Waals surface area (Å²) in [5, 5.41) is 11.3. The van der Waals surface area contributed by atoms with Gasteiger partial charge >= 0.3 is 0 Å². The number of rotatable bonds is 6. The summed E-state index contributed by atoms with van der Waals surface area (Å²) in [4.78, 5) is 1.41. The molecule has 0 bridgehead atoms. The van der Waals surface area contributed by atoms with Crippen LogP contribution in [0.3, 0.4) is 0 Å². The SMILES string of the molecule is c1csc(CCn2cnnc2SC[C@H]2CCCO2)c1. The first-order valence-electron chi connectivity index (χ1n) is 6.56. The molecule has 3 heterocycles. The summed E-state index contributed by atoms with van der Waals surface area (Å²) in [5.74, 6) is 0.984. The lowest BCUT2D eigenvalue weighted by Gasteiger charge is -2.09. The molecule has 0 aliphatic carbocycles. The van der Waals surface area contributed by atoms with Gasteiger partial charge in [-0.25, -0.2) is 0 Å². The molecule has 19 heavy (non-hydrogen) atoms. The van der Waals surface area contributed by atoms with E-state index in [0.29, 0.717) is 6.10 Å². The summed E-state index contributed by atoms with van der Waals surface area (Å²) in [7, 11) is 0. The molecule has 3 rings (SSSR count). The third-order valence-corrected chi connectivity index (χ3v) is 5.23. The van der Waals surface area contributed by atoms with Crippen molar-refractivity contribution in [1.82, 2.24) is 14.8 Å². The molecule has 1 aliphatic heterocycles. The van der Waals surface area contributed by atoms with Crippen LogP contribution in [0.1, 0.15) is 17.7 Å². The minimum atomic E-state index is 0.396. The number of aryl methyl sites for hydroxylation is 2. The van der Waals surface area contributed by atoms with Crippen LogP contribution in [-0.4, -0.2) is 33.2 Å². The summed E-state index contributed by atoms with van der Waals surface area (Å²) >= 11 is 3.56. The van der Waals surface area contributed by atoms with Crippen LogP contribution < -0.4 is 0 Å². The van der Waals surface area contributed by atoms with E-state index in [9.17, 15) is 0 Å². The van der Waals surface area contributed by atoms with Gasteiger partial charge in [-0.15, -0.1) is 21.5 Å². The van der Waals surface area contributed by atoms with Crippen molar-refractivity contribution in [2.24, 2.45) is 0 Å². The standard InChI is InChI=1S/C13H17N3OS2/c1-3-11(17-7-1)9-19-13-15-14-10-16(13)6-5-12-4-2-8-18-12/h2,4,8,10-11H,1,3,5-7,9H2/t11-/m1/s1. The molecule has 0 saturated carbocycles. The Morgan fingerprint density at radius 3 is 3.32 bits per heavy atom. The molecule has 2 aromatic rings. The van der Waals surface area contributed by atoms with Gasteiger partial charge in [-0.05, 0) is 30.7 Å². The van der Waals surface area contributed by atoms with Crippen molar-refractivity contribution in [2.45, 2.75) is 37.1 Å². The molecular formula is C13H17N3OS2. The van der Waals surface area contributed by atoms with Crippen LogP contribution in [0.2, 0.25) is 0 Å². The van der Waals surface area contributed by atoms with Crippen molar-refractivity contribution in [3.8, 4) is 0 Å². The Kier molecular flexibility index (Phi) is 4.53. The summed E-state index contributed by atoms with van der Waals surface area (Å²) < 4.78 is 7.77. The van der Waals surface area contributed by atoms with Gasteiger partial charge in [-0.1, -0.05) is 17.8 Å². The number of aromatic nitrogens is 3. The first kappa shape index (κ1) is 13.1. The molecule has 2 aromatic heterocycles. The van der Waals surface area contributed by atoms with Gasteiger partial charge in [-0.3, -0.25) is 0 Å². The van der Waals surface area contributed by atoms with Crippen molar-refractivity contribution in [2.75, 3.05) is 12.4 Å². The molecule has 4 nitrogen and oxygen atoms in total. The van der Waals surface area contributed by atoms with Gasteiger partial charge in [0.1, 0.15) is 6.33 Å². The molecular weight excluding hydrogens is 278 g/mol. The molecule has 0 N–H and O–H groups in total. The average molecular weight is 295 g/mol. The van der Waals surface area contributed by atoms with E-state index in [-0.39, 0.29) is 0 Å². The van der Waals surface area contributed by atoms with Crippen LogP contribution in [0.4, 0.5) is 0 Å². The molecule has 1 saturated heterocycles. The van der Waals surface area contributed by atoms with E-state index < -0.39 is 0 Å². The number of thiophene rings is 1. The van der Waals surface area contributed by atoms with Crippen LogP contribution >= 0.6 is 23.1 Å². The number of hydrogen-bond acceptors (Lipinski definition) is 5. The molecule has 6 heteroatoms. The lowest BCUT2D eigenvalue weighted by molar-refractivity contribution is 0.129. The molecule has 0 spiro atoms. The van der Waals surface area contributed by atoms with Crippen molar-refractivity contribution in [3.63, 3.8) is 0 Å². The van der Waals surface area contributed by atoms with Gasteiger partial charge in [0.15, 0.2) is 5.16 Å². The Hall–Kier alpha value is -0.850. The normalized spacial score (nSPS) is 19.1. The minimum Gasteiger partial charge on any atom is -0.377 e. The molecule has 0 radical (unpaired) electrons. The Morgan fingerprint density at radius 2 is 2.53 bits per heavy atom. The topological polar surface area (TPSA) is 39.9 Å². The van der Waals surface area contributed by atoms with E-state index in [4.69, 9.17) is 4.74 Å². The fourth-order valence-electron chi connectivity index (χ4n) is 2.14. The van der Waals surface area contributed by atoms with Crippen LogP contribution in [0.25, 0.3) is 0 Å². The smallest absolute Gasteiger partial charge is 0.191 e. The van der Waals surface area contributed by atoms with Crippen LogP contribution in [0.5, 0.6) is 0 Å². The second-order valence-electron chi connectivity index (χ2n) is 4.58. The summed E-state index contributed by atoms with van der Waals surface area (Å²) in [6.45, 7) is 1.86. The number of thioether (sulfide) groups is 1. The Balaban J connectivity index is 1.52.